The Kier molecular flexibility index (Phi) is 3.93. The average Bonchev–Trinajstić information content (AvgIpc) is 2.95. The van der Waals surface area contributed by atoms with Crippen molar-refractivity contribution >= 4 is 22.5 Å². The Bertz CT molecular complexity index is 846. The van der Waals surface area contributed by atoms with Gasteiger partial charge >= 0.3 is 0 Å². The Morgan fingerprint density at radius 1 is 1.00 bits per heavy atom. The molecule has 23 heavy (non-hydrogen) atoms. The van der Waals surface area contributed by atoms with Gasteiger partial charge in [-0.05, 0) is 35.7 Å². The molecule has 5 heteroatoms. The normalized spacial score (nSPS) is 10.6. The third-order valence-electron chi connectivity index (χ3n) is 3.76. The van der Waals surface area contributed by atoms with Crippen LogP contribution >= 0.6 is 0 Å². The number of aromatic nitrogens is 1. The topological polar surface area (TPSA) is 52.5 Å². The lowest BCUT2D eigenvalue weighted by Crippen LogP contribution is -2.12. The quantitative estimate of drug-likeness (QED) is 0.803. The molecule has 0 aliphatic heterocycles. The molecular formula is C18H18N2O3. The zero-order valence-corrected chi connectivity index (χ0v) is 13.3. The zero-order valence-electron chi connectivity index (χ0n) is 13.3. The average molecular weight is 310 g/mol. The molecule has 1 amide bonds. The Labute approximate surface area is 134 Å². The van der Waals surface area contributed by atoms with Crippen LogP contribution in [-0.4, -0.2) is 24.7 Å². The third-order valence-corrected chi connectivity index (χ3v) is 3.76. The lowest BCUT2D eigenvalue weighted by Gasteiger charge is -2.10. The number of carbonyl (C=O) groups is 1. The highest BCUT2D eigenvalue weighted by atomic mass is 16.5. The molecule has 2 aromatic carbocycles. The number of nitrogens with one attached hydrogen (secondary N) is 1. The lowest BCUT2D eigenvalue weighted by molar-refractivity contribution is 0.102. The number of amides is 1. The molecule has 0 spiro atoms. The largest absolute Gasteiger partial charge is 0.497 e. The highest BCUT2D eigenvalue weighted by Gasteiger charge is 2.11. The smallest absolute Gasteiger partial charge is 0.255 e. The second kappa shape index (κ2) is 6.04. The molecule has 5 nitrogen and oxygen atoms in total. The van der Waals surface area contributed by atoms with E-state index >= 15 is 0 Å². The van der Waals surface area contributed by atoms with E-state index in [4.69, 9.17) is 9.47 Å². The van der Waals surface area contributed by atoms with Crippen molar-refractivity contribution in [3.63, 3.8) is 0 Å². The number of fused-ring (bicyclic) bond motifs is 1. The number of ether oxygens (including phenoxy) is 2. The number of hydrogen-bond donors (Lipinski definition) is 1. The van der Waals surface area contributed by atoms with Crippen LogP contribution in [0, 0.1) is 0 Å². The Morgan fingerprint density at radius 3 is 2.35 bits per heavy atom. The van der Waals surface area contributed by atoms with E-state index in [-0.39, 0.29) is 5.91 Å². The molecule has 1 heterocycles. The molecule has 1 aromatic heterocycles. The van der Waals surface area contributed by atoms with Gasteiger partial charge in [0.05, 0.1) is 14.2 Å². The van der Waals surface area contributed by atoms with Crippen molar-refractivity contribution in [1.82, 2.24) is 4.57 Å². The molecule has 0 saturated heterocycles. The fraction of sp³-hybridized carbons (Fsp3) is 0.167. The van der Waals surface area contributed by atoms with Crippen LogP contribution in [0.5, 0.6) is 11.5 Å². The second-order valence-corrected chi connectivity index (χ2v) is 5.26. The Hall–Kier alpha value is -2.95. The number of nitrogens with zero attached hydrogens (tertiary/aromatic N) is 1. The van der Waals surface area contributed by atoms with Crippen LogP contribution in [0.3, 0.4) is 0 Å². The number of benzene rings is 2. The van der Waals surface area contributed by atoms with Crippen molar-refractivity contribution in [2.24, 2.45) is 7.05 Å². The van der Waals surface area contributed by atoms with Crippen LogP contribution in [0.1, 0.15) is 10.4 Å². The zero-order chi connectivity index (χ0) is 16.4. The SMILES string of the molecule is COc1cc(OC)cc(C(=O)Nc2ccc3ccn(C)c3c2)c1. The lowest BCUT2D eigenvalue weighted by atomic mass is 10.1. The van der Waals surface area contributed by atoms with Crippen molar-refractivity contribution < 1.29 is 14.3 Å². The summed E-state index contributed by atoms with van der Waals surface area (Å²) < 4.78 is 12.4. The van der Waals surface area contributed by atoms with Gasteiger partial charge in [-0.3, -0.25) is 4.79 Å². The minimum atomic E-state index is -0.212. The molecule has 0 fully saturated rings. The van der Waals surface area contributed by atoms with Crippen molar-refractivity contribution in [1.29, 1.82) is 0 Å². The number of rotatable bonds is 4. The van der Waals surface area contributed by atoms with E-state index in [1.807, 2.05) is 42.1 Å². The molecule has 0 saturated carbocycles. The van der Waals surface area contributed by atoms with Crippen molar-refractivity contribution in [2.75, 3.05) is 19.5 Å². The highest BCUT2D eigenvalue weighted by Crippen LogP contribution is 2.24. The summed E-state index contributed by atoms with van der Waals surface area (Å²) >= 11 is 0. The molecule has 0 aliphatic carbocycles. The standard InChI is InChI=1S/C18H18N2O3/c1-20-7-6-12-4-5-14(10-17(12)20)19-18(21)13-8-15(22-2)11-16(9-13)23-3/h4-11H,1-3H3,(H,19,21). The van der Waals surface area contributed by atoms with Crippen LogP contribution in [0.4, 0.5) is 5.69 Å². The Morgan fingerprint density at radius 2 is 1.70 bits per heavy atom. The van der Waals surface area contributed by atoms with Crippen LogP contribution < -0.4 is 14.8 Å². The minimum Gasteiger partial charge on any atom is -0.497 e. The van der Waals surface area contributed by atoms with Crippen LogP contribution in [0.25, 0.3) is 10.9 Å². The first kappa shape index (κ1) is 15.0. The van der Waals surface area contributed by atoms with Gasteiger partial charge in [-0.2, -0.15) is 0 Å². The molecule has 118 valence electrons. The summed E-state index contributed by atoms with van der Waals surface area (Å²) in [4.78, 5) is 12.5. The summed E-state index contributed by atoms with van der Waals surface area (Å²) in [7, 11) is 5.08. The molecule has 0 radical (unpaired) electrons. The number of methoxy groups -OCH3 is 2. The number of aryl methyl sites for hydroxylation is 1. The number of hydrogen-bond acceptors (Lipinski definition) is 3. The maximum atomic E-state index is 12.5. The van der Waals surface area contributed by atoms with Crippen LogP contribution in [0.2, 0.25) is 0 Å². The second-order valence-electron chi connectivity index (χ2n) is 5.26. The van der Waals surface area contributed by atoms with E-state index in [0.717, 1.165) is 16.6 Å². The first-order valence-electron chi connectivity index (χ1n) is 7.20. The molecule has 0 atom stereocenters. The molecule has 3 rings (SSSR count). The van der Waals surface area contributed by atoms with Gasteiger partial charge in [-0.15, -0.1) is 0 Å². The summed E-state index contributed by atoms with van der Waals surface area (Å²) in [5.41, 5.74) is 2.28. The minimum absolute atomic E-state index is 0.212. The van der Waals surface area contributed by atoms with E-state index in [0.29, 0.717) is 17.1 Å². The molecule has 0 bridgehead atoms. The molecule has 1 N–H and O–H groups in total. The first-order chi connectivity index (χ1) is 11.1. The van der Waals surface area contributed by atoms with Crippen molar-refractivity contribution in [2.45, 2.75) is 0 Å². The van der Waals surface area contributed by atoms with Gasteiger partial charge in [0.25, 0.3) is 5.91 Å². The van der Waals surface area contributed by atoms with Gasteiger partial charge in [0, 0.05) is 36.1 Å². The molecular weight excluding hydrogens is 292 g/mol. The van der Waals surface area contributed by atoms with Crippen LogP contribution in [-0.2, 0) is 7.05 Å². The van der Waals surface area contributed by atoms with E-state index in [1.54, 1.807) is 32.4 Å². The maximum Gasteiger partial charge on any atom is 0.255 e. The number of anilines is 1. The van der Waals surface area contributed by atoms with Gasteiger partial charge in [-0.1, -0.05) is 6.07 Å². The predicted molar refractivity (Wildman–Crippen MR) is 90.4 cm³/mol. The fourth-order valence-electron chi connectivity index (χ4n) is 2.48. The maximum absolute atomic E-state index is 12.5. The van der Waals surface area contributed by atoms with Crippen molar-refractivity contribution in [3.05, 3.63) is 54.2 Å². The van der Waals surface area contributed by atoms with Crippen LogP contribution in [0.15, 0.2) is 48.7 Å². The molecule has 0 aliphatic rings. The molecule has 3 aromatic rings. The van der Waals surface area contributed by atoms with Gasteiger partial charge in [0.1, 0.15) is 11.5 Å². The fourth-order valence-corrected chi connectivity index (χ4v) is 2.48. The Balaban J connectivity index is 1.89. The van der Waals surface area contributed by atoms with Crippen molar-refractivity contribution in [3.8, 4) is 11.5 Å². The summed E-state index contributed by atoms with van der Waals surface area (Å²) in [5, 5.41) is 4.04. The summed E-state index contributed by atoms with van der Waals surface area (Å²) in [6, 6.07) is 12.9. The van der Waals surface area contributed by atoms with Gasteiger partial charge in [-0.25, -0.2) is 0 Å². The van der Waals surface area contributed by atoms with E-state index in [9.17, 15) is 4.79 Å². The third kappa shape index (κ3) is 2.99. The van der Waals surface area contributed by atoms with E-state index in [2.05, 4.69) is 5.32 Å². The monoisotopic (exact) mass is 310 g/mol. The van der Waals surface area contributed by atoms with E-state index in [1.165, 1.54) is 0 Å². The predicted octanol–water partition coefficient (Wildman–Crippen LogP) is 3.45. The number of carbonyl (C=O) groups excluding carboxylic acids is 1. The van der Waals surface area contributed by atoms with Gasteiger partial charge in [0.2, 0.25) is 0 Å². The van der Waals surface area contributed by atoms with Gasteiger partial charge in [0.15, 0.2) is 0 Å². The first-order valence-corrected chi connectivity index (χ1v) is 7.20. The summed E-state index contributed by atoms with van der Waals surface area (Å²) in [6.45, 7) is 0. The summed E-state index contributed by atoms with van der Waals surface area (Å²) in [6.07, 6.45) is 1.99. The highest BCUT2D eigenvalue weighted by molar-refractivity contribution is 6.05. The summed E-state index contributed by atoms with van der Waals surface area (Å²) in [5.74, 6) is 0.940. The molecule has 0 unspecified atom stereocenters. The van der Waals surface area contributed by atoms with Gasteiger partial charge < -0.3 is 19.4 Å². The van der Waals surface area contributed by atoms with E-state index < -0.39 is 0 Å².